The summed E-state index contributed by atoms with van der Waals surface area (Å²) < 4.78 is 18.4. The highest BCUT2D eigenvalue weighted by molar-refractivity contribution is 7.99. The molecule has 53 heavy (non-hydrogen) atoms. The van der Waals surface area contributed by atoms with Crippen molar-refractivity contribution >= 4 is 29.7 Å². The number of aliphatic hydroxyl groups excluding tert-OH is 1. The normalized spacial score (nSPS) is 20.0. The Morgan fingerprint density at radius 1 is 0.830 bits per heavy atom. The van der Waals surface area contributed by atoms with Gasteiger partial charge in [-0.2, -0.15) is 0 Å². The third kappa shape index (κ3) is 9.16. The second-order valence-corrected chi connectivity index (χ2v) is 13.8. The van der Waals surface area contributed by atoms with Gasteiger partial charge in [-0.25, -0.2) is 14.8 Å². The summed E-state index contributed by atoms with van der Waals surface area (Å²) in [6.07, 6.45) is 2.14. The van der Waals surface area contributed by atoms with E-state index in [4.69, 9.17) is 14.2 Å². The van der Waals surface area contributed by atoms with Crippen molar-refractivity contribution in [2.75, 3.05) is 5.75 Å². The van der Waals surface area contributed by atoms with Gasteiger partial charge in [-0.15, -0.1) is 0 Å². The molecule has 4 aromatic carbocycles. The van der Waals surface area contributed by atoms with E-state index in [1.165, 1.54) is 16.7 Å². The molecule has 0 spiro atoms. The van der Waals surface area contributed by atoms with E-state index in [1.54, 1.807) is 18.5 Å². The zero-order valence-corrected chi connectivity index (χ0v) is 29.6. The molecule has 4 atom stereocenters. The molecular weight excluding hydrogens is 693 g/mol. The van der Waals surface area contributed by atoms with Crippen molar-refractivity contribution < 1.29 is 33.7 Å². The molecule has 2 saturated heterocycles. The number of alkyl carbamates (subject to hydrolysis) is 1. The van der Waals surface area contributed by atoms with Crippen molar-refractivity contribution in [2.45, 2.75) is 62.3 Å². The number of thioether (sulfide) groups is 1. The minimum Gasteiger partial charge on any atom is -0.445 e. The number of hydrogen-bond donors (Lipinski definition) is 2. The van der Waals surface area contributed by atoms with Crippen LogP contribution in [0, 0.1) is 0 Å². The molecule has 0 radical (unpaired) electrons. The van der Waals surface area contributed by atoms with Crippen molar-refractivity contribution in [1.29, 1.82) is 0 Å². The quantitative estimate of drug-likeness (QED) is 0.0828. The highest BCUT2D eigenvalue weighted by atomic mass is 32.2. The first-order valence-electron chi connectivity index (χ1n) is 17.3. The lowest BCUT2D eigenvalue weighted by atomic mass is 9.99. The Morgan fingerprint density at radius 3 is 2.34 bits per heavy atom. The molecule has 2 N–H and O–H groups in total. The molecule has 270 valence electrons. The number of nitrogens with zero attached hydrogens (tertiary/aromatic N) is 3. The largest absolute Gasteiger partial charge is 0.445 e. The lowest BCUT2D eigenvalue weighted by Crippen LogP contribution is -2.41. The Balaban J connectivity index is 1.03. The first-order chi connectivity index (χ1) is 25.9. The van der Waals surface area contributed by atoms with Crippen LogP contribution in [-0.2, 0) is 43.6 Å². The number of carbonyl (C=O) groups is 3. The van der Waals surface area contributed by atoms with Gasteiger partial charge in [0.05, 0.1) is 31.8 Å². The summed E-state index contributed by atoms with van der Waals surface area (Å²) in [6, 6.07) is 33.4. The third-order valence-electron chi connectivity index (χ3n) is 9.06. The second-order valence-electron chi connectivity index (χ2n) is 12.8. The fraction of sp³-hybridized carbons (Fsp3) is 0.244. The van der Waals surface area contributed by atoms with Crippen LogP contribution in [0.25, 0.3) is 11.1 Å². The van der Waals surface area contributed by atoms with Crippen LogP contribution in [0.2, 0.25) is 0 Å². The van der Waals surface area contributed by atoms with E-state index in [0.29, 0.717) is 17.3 Å². The Bertz CT molecular complexity index is 2030. The van der Waals surface area contributed by atoms with E-state index in [0.717, 1.165) is 38.9 Å². The van der Waals surface area contributed by atoms with Crippen LogP contribution in [0.4, 0.5) is 4.79 Å². The van der Waals surface area contributed by atoms with E-state index < -0.39 is 24.3 Å². The number of rotatable bonds is 12. The molecule has 2 aliphatic heterocycles. The SMILES string of the molecule is O=C(NC1CC(=O)N(Cc2cccc(-c3cccc(C4OC(CSc5ncccn5)CC(c5ccc(CO)cc5)O4)c3)c2)C1=O)OCc1ccccc1. The average molecular weight is 731 g/mol. The van der Waals surface area contributed by atoms with Crippen LogP contribution in [0.1, 0.15) is 53.1 Å². The molecule has 0 saturated carbocycles. The van der Waals surface area contributed by atoms with Gasteiger partial charge in [-0.3, -0.25) is 14.5 Å². The summed E-state index contributed by atoms with van der Waals surface area (Å²) in [5.41, 5.74) is 6.05. The fourth-order valence-electron chi connectivity index (χ4n) is 6.32. The van der Waals surface area contributed by atoms with Gasteiger partial charge in [0, 0.05) is 30.1 Å². The van der Waals surface area contributed by atoms with E-state index in [2.05, 4.69) is 15.3 Å². The topological polar surface area (TPSA) is 140 Å². The van der Waals surface area contributed by atoms with Gasteiger partial charge >= 0.3 is 6.09 Å². The number of carbonyl (C=O) groups excluding carboxylic acids is 3. The summed E-state index contributed by atoms with van der Waals surface area (Å²) in [6.45, 7) is 0.0934. The van der Waals surface area contributed by atoms with Crippen molar-refractivity contribution in [3.63, 3.8) is 0 Å². The highest BCUT2D eigenvalue weighted by Gasteiger charge is 2.40. The van der Waals surface area contributed by atoms with E-state index in [-0.39, 0.29) is 44.3 Å². The number of likely N-dealkylation sites (tertiary alicyclic amines) is 1. The highest BCUT2D eigenvalue weighted by Crippen LogP contribution is 2.40. The Hall–Kier alpha value is -5.40. The first-order valence-corrected chi connectivity index (χ1v) is 18.3. The van der Waals surface area contributed by atoms with Gasteiger partial charge in [0.25, 0.3) is 5.91 Å². The molecule has 0 aliphatic carbocycles. The van der Waals surface area contributed by atoms with Gasteiger partial charge in [0.1, 0.15) is 12.6 Å². The lowest BCUT2D eigenvalue weighted by Gasteiger charge is -2.36. The van der Waals surface area contributed by atoms with Crippen LogP contribution in [0.5, 0.6) is 0 Å². The average Bonchev–Trinajstić information content (AvgIpc) is 3.47. The molecule has 11 nitrogen and oxygen atoms in total. The Labute approximate surface area is 311 Å². The lowest BCUT2D eigenvalue weighted by molar-refractivity contribution is -0.245. The number of nitrogens with one attached hydrogen (secondary N) is 1. The maximum Gasteiger partial charge on any atom is 0.408 e. The predicted molar refractivity (Wildman–Crippen MR) is 197 cm³/mol. The number of ether oxygens (including phenoxy) is 3. The maximum absolute atomic E-state index is 13.2. The van der Waals surface area contributed by atoms with E-state index >= 15 is 0 Å². The van der Waals surface area contributed by atoms with Gasteiger partial charge in [0.15, 0.2) is 11.4 Å². The molecule has 2 fully saturated rings. The number of aliphatic hydroxyl groups is 1. The number of hydrogen-bond acceptors (Lipinski definition) is 10. The molecule has 5 aromatic rings. The summed E-state index contributed by atoms with van der Waals surface area (Å²) in [7, 11) is 0. The van der Waals surface area contributed by atoms with Crippen molar-refractivity contribution in [2.24, 2.45) is 0 Å². The Morgan fingerprint density at radius 2 is 1.57 bits per heavy atom. The van der Waals surface area contributed by atoms with Crippen molar-refractivity contribution in [3.8, 4) is 11.1 Å². The summed E-state index contributed by atoms with van der Waals surface area (Å²) in [4.78, 5) is 48.4. The van der Waals surface area contributed by atoms with Crippen LogP contribution >= 0.6 is 11.8 Å². The van der Waals surface area contributed by atoms with Crippen molar-refractivity contribution in [3.05, 3.63) is 149 Å². The molecule has 0 bridgehead atoms. The fourth-order valence-corrected chi connectivity index (χ4v) is 7.14. The van der Waals surface area contributed by atoms with Gasteiger partial charge in [-0.1, -0.05) is 103 Å². The van der Waals surface area contributed by atoms with E-state index in [9.17, 15) is 19.5 Å². The Kier molecular flexibility index (Phi) is 11.5. The standard InChI is InChI=1S/C41H38N4O7S/c46-24-27-13-15-30(16-14-27)36-21-34(26-53-40-42-17-6-18-43-40)51-39(52-36)33-12-5-11-32(20-33)31-10-4-9-29(19-31)23-45-37(47)22-35(38(45)48)44-41(49)50-25-28-7-2-1-3-8-28/h1-20,34-36,39,46H,21-26H2,(H,44,49). The van der Waals surface area contributed by atoms with Gasteiger partial charge < -0.3 is 24.6 Å². The maximum atomic E-state index is 13.2. The zero-order valence-electron chi connectivity index (χ0n) is 28.7. The second kappa shape index (κ2) is 17.0. The minimum absolute atomic E-state index is 0.0315. The zero-order chi connectivity index (χ0) is 36.6. The number of imide groups is 1. The molecule has 4 unspecified atom stereocenters. The molecule has 2 aliphatic rings. The van der Waals surface area contributed by atoms with Crippen LogP contribution in [-0.4, -0.2) is 55.8 Å². The predicted octanol–water partition coefficient (Wildman–Crippen LogP) is 6.53. The smallest absolute Gasteiger partial charge is 0.408 e. The molecule has 12 heteroatoms. The molecule has 1 aromatic heterocycles. The number of benzene rings is 4. The molecule has 3 amide bonds. The van der Waals surface area contributed by atoms with Crippen LogP contribution in [0.15, 0.2) is 127 Å². The summed E-state index contributed by atoms with van der Waals surface area (Å²) in [5.74, 6) is -0.206. The van der Waals surface area contributed by atoms with Crippen LogP contribution < -0.4 is 5.32 Å². The van der Waals surface area contributed by atoms with Gasteiger partial charge in [-0.05, 0) is 51.6 Å². The van der Waals surface area contributed by atoms with Crippen LogP contribution in [0.3, 0.4) is 0 Å². The van der Waals surface area contributed by atoms with Gasteiger partial charge in [0.2, 0.25) is 5.91 Å². The van der Waals surface area contributed by atoms with E-state index in [1.807, 2.05) is 103 Å². The third-order valence-corrected chi connectivity index (χ3v) is 10.1. The van der Waals surface area contributed by atoms with Crippen molar-refractivity contribution in [1.82, 2.24) is 20.2 Å². The summed E-state index contributed by atoms with van der Waals surface area (Å²) >= 11 is 1.53. The molecule has 3 heterocycles. The summed E-state index contributed by atoms with van der Waals surface area (Å²) in [5, 5.41) is 12.8. The number of amides is 3. The number of aromatic nitrogens is 2. The first kappa shape index (κ1) is 36.0. The minimum atomic E-state index is -0.986. The monoisotopic (exact) mass is 730 g/mol. The molecule has 7 rings (SSSR count). The molecular formula is C41H38N4O7S.